The molecule has 1 atom stereocenters. The molecule has 2 fully saturated rings. The molecule has 114 valence electrons. The molecule has 1 saturated carbocycles. The fourth-order valence-corrected chi connectivity index (χ4v) is 2.94. The highest BCUT2D eigenvalue weighted by molar-refractivity contribution is 9.10. The number of nitrogens with one attached hydrogen (secondary N) is 1. The normalized spacial score (nSPS) is 20.6. The van der Waals surface area contributed by atoms with Crippen molar-refractivity contribution in [1.82, 2.24) is 15.2 Å². The fourth-order valence-electron chi connectivity index (χ4n) is 2.70. The molecular formula is C14H22BrCl2N3. The Morgan fingerprint density at radius 1 is 1.25 bits per heavy atom. The first-order chi connectivity index (χ1) is 8.83. The van der Waals surface area contributed by atoms with Gasteiger partial charge in [0.1, 0.15) is 0 Å². The lowest BCUT2D eigenvalue weighted by Gasteiger charge is -2.34. The molecule has 6 heteroatoms. The molecule has 0 amide bonds. The standard InChI is InChI=1S/C14H20BrN3.2ClH/c15-12-3-4-13(17-10-12)14(9-11-1-2-11)18-7-5-16-6-8-18;;/h3-4,10-11,14,16H,1-2,5-9H2;2*1H/t14-;;/m0../s1. The van der Waals surface area contributed by atoms with Gasteiger partial charge in [-0.3, -0.25) is 9.88 Å². The fraction of sp³-hybridized carbons (Fsp3) is 0.643. The molecule has 20 heavy (non-hydrogen) atoms. The van der Waals surface area contributed by atoms with Crippen LogP contribution in [0, 0.1) is 5.92 Å². The smallest absolute Gasteiger partial charge is 0.0576 e. The number of piperazine rings is 1. The zero-order valence-electron chi connectivity index (χ0n) is 11.4. The first-order valence-electron chi connectivity index (χ1n) is 6.89. The Morgan fingerprint density at radius 2 is 1.95 bits per heavy atom. The Hall–Kier alpha value is 0.130. The van der Waals surface area contributed by atoms with Gasteiger partial charge in [0.15, 0.2) is 0 Å². The van der Waals surface area contributed by atoms with E-state index in [0.29, 0.717) is 6.04 Å². The van der Waals surface area contributed by atoms with E-state index in [0.717, 1.165) is 36.6 Å². The Kier molecular flexibility index (Phi) is 7.77. The summed E-state index contributed by atoms with van der Waals surface area (Å²) in [5.74, 6) is 0.940. The van der Waals surface area contributed by atoms with Crippen LogP contribution in [0.25, 0.3) is 0 Å². The zero-order valence-corrected chi connectivity index (χ0v) is 14.6. The number of aromatic nitrogens is 1. The van der Waals surface area contributed by atoms with Crippen molar-refractivity contribution in [2.45, 2.75) is 25.3 Å². The van der Waals surface area contributed by atoms with Crippen molar-refractivity contribution in [2.75, 3.05) is 26.2 Å². The second kappa shape index (κ2) is 8.54. The Bertz CT molecular complexity index is 392. The van der Waals surface area contributed by atoms with Crippen molar-refractivity contribution in [3.05, 3.63) is 28.5 Å². The predicted molar refractivity (Wildman–Crippen MR) is 91.0 cm³/mol. The Balaban J connectivity index is 0.000001000. The second-order valence-corrected chi connectivity index (χ2v) is 6.30. The summed E-state index contributed by atoms with van der Waals surface area (Å²) in [5, 5.41) is 3.43. The molecule has 1 saturated heterocycles. The summed E-state index contributed by atoms with van der Waals surface area (Å²) in [5.41, 5.74) is 1.24. The van der Waals surface area contributed by atoms with E-state index in [1.807, 2.05) is 6.20 Å². The third-order valence-electron chi connectivity index (χ3n) is 3.94. The summed E-state index contributed by atoms with van der Waals surface area (Å²) < 4.78 is 1.07. The van der Waals surface area contributed by atoms with E-state index in [1.54, 1.807) is 0 Å². The molecule has 1 N–H and O–H groups in total. The number of nitrogens with zero attached hydrogens (tertiary/aromatic N) is 2. The second-order valence-electron chi connectivity index (χ2n) is 5.38. The van der Waals surface area contributed by atoms with Gasteiger partial charge < -0.3 is 5.32 Å². The molecule has 3 rings (SSSR count). The average molecular weight is 383 g/mol. The van der Waals surface area contributed by atoms with Crippen molar-refractivity contribution in [2.24, 2.45) is 5.92 Å². The number of halogens is 3. The van der Waals surface area contributed by atoms with Gasteiger partial charge in [-0.2, -0.15) is 0 Å². The van der Waals surface area contributed by atoms with E-state index >= 15 is 0 Å². The van der Waals surface area contributed by atoms with E-state index in [9.17, 15) is 0 Å². The molecular weight excluding hydrogens is 361 g/mol. The highest BCUT2D eigenvalue weighted by Gasteiger charge is 2.30. The zero-order chi connectivity index (χ0) is 12.4. The van der Waals surface area contributed by atoms with Gasteiger partial charge in [0.25, 0.3) is 0 Å². The van der Waals surface area contributed by atoms with Crippen molar-refractivity contribution >= 4 is 40.7 Å². The van der Waals surface area contributed by atoms with Crippen LogP contribution in [-0.4, -0.2) is 36.1 Å². The van der Waals surface area contributed by atoms with Crippen molar-refractivity contribution in [3.63, 3.8) is 0 Å². The van der Waals surface area contributed by atoms with Gasteiger partial charge in [0, 0.05) is 36.8 Å². The third kappa shape index (κ3) is 4.85. The van der Waals surface area contributed by atoms with Gasteiger partial charge in [0.2, 0.25) is 0 Å². The van der Waals surface area contributed by atoms with E-state index in [1.165, 1.54) is 25.0 Å². The molecule has 2 heterocycles. The molecule has 2 aliphatic rings. The lowest BCUT2D eigenvalue weighted by atomic mass is 10.0. The SMILES string of the molecule is Brc1ccc([C@H](CC2CC2)N2CCNCC2)nc1.Cl.Cl. The molecule has 0 bridgehead atoms. The predicted octanol–water partition coefficient (Wildman–Crippen LogP) is 3.43. The molecule has 3 nitrogen and oxygen atoms in total. The summed E-state index contributed by atoms with van der Waals surface area (Å²) in [7, 11) is 0. The average Bonchev–Trinajstić information content (AvgIpc) is 3.22. The van der Waals surface area contributed by atoms with Gasteiger partial charge in [-0.1, -0.05) is 12.8 Å². The molecule has 0 aromatic carbocycles. The summed E-state index contributed by atoms with van der Waals surface area (Å²) >= 11 is 3.47. The quantitative estimate of drug-likeness (QED) is 0.864. The molecule has 1 aliphatic heterocycles. The third-order valence-corrected chi connectivity index (χ3v) is 4.41. The van der Waals surface area contributed by atoms with Gasteiger partial charge in [0.05, 0.1) is 11.7 Å². The molecule has 0 spiro atoms. The van der Waals surface area contributed by atoms with Crippen LogP contribution in [0.3, 0.4) is 0 Å². The monoisotopic (exact) mass is 381 g/mol. The molecule has 0 radical (unpaired) electrons. The van der Waals surface area contributed by atoms with E-state index in [4.69, 9.17) is 0 Å². The van der Waals surface area contributed by atoms with Gasteiger partial charge in [-0.15, -0.1) is 24.8 Å². The number of hydrogen-bond acceptors (Lipinski definition) is 3. The largest absolute Gasteiger partial charge is 0.314 e. The number of pyridine rings is 1. The minimum absolute atomic E-state index is 0. The molecule has 0 unspecified atom stereocenters. The highest BCUT2D eigenvalue weighted by atomic mass is 79.9. The van der Waals surface area contributed by atoms with Crippen LogP contribution in [0.5, 0.6) is 0 Å². The Morgan fingerprint density at radius 3 is 2.50 bits per heavy atom. The van der Waals surface area contributed by atoms with Crippen LogP contribution in [0.2, 0.25) is 0 Å². The van der Waals surface area contributed by atoms with E-state index in [-0.39, 0.29) is 24.8 Å². The van der Waals surface area contributed by atoms with Crippen LogP contribution in [0.1, 0.15) is 31.0 Å². The van der Waals surface area contributed by atoms with Gasteiger partial charge in [-0.25, -0.2) is 0 Å². The number of hydrogen-bond donors (Lipinski definition) is 1. The van der Waals surface area contributed by atoms with Gasteiger partial charge >= 0.3 is 0 Å². The van der Waals surface area contributed by atoms with Gasteiger partial charge in [-0.05, 0) is 40.4 Å². The van der Waals surface area contributed by atoms with Crippen LogP contribution in [-0.2, 0) is 0 Å². The maximum Gasteiger partial charge on any atom is 0.0576 e. The lowest BCUT2D eigenvalue weighted by Crippen LogP contribution is -2.45. The maximum atomic E-state index is 4.63. The lowest BCUT2D eigenvalue weighted by molar-refractivity contribution is 0.157. The van der Waals surface area contributed by atoms with Crippen LogP contribution < -0.4 is 5.32 Å². The summed E-state index contributed by atoms with van der Waals surface area (Å²) in [4.78, 5) is 7.23. The Labute approximate surface area is 141 Å². The molecule has 1 aromatic rings. The molecule has 1 aliphatic carbocycles. The molecule has 1 aromatic heterocycles. The van der Waals surface area contributed by atoms with Crippen LogP contribution in [0.4, 0.5) is 0 Å². The minimum atomic E-state index is 0. The summed E-state index contributed by atoms with van der Waals surface area (Å²) in [6.07, 6.45) is 6.05. The topological polar surface area (TPSA) is 28.2 Å². The summed E-state index contributed by atoms with van der Waals surface area (Å²) in [6.45, 7) is 4.51. The van der Waals surface area contributed by atoms with Crippen molar-refractivity contribution in [3.8, 4) is 0 Å². The minimum Gasteiger partial charge on any atom is -0.314 e. The van der Waals surface area contributed by atoms with Crippen LogP contribution >= 0.6 is 40.7 Å². The number of rotatable bonds is 4. The first kappa shape index (κ1) is 18.2. The van der Waals surface area contributed by atoms with E-state index in [2.05, 4.69) is 43.3 Å². The summed E-state index contributed by atoms with van der Waals surface area (Å²) in [6, 6.07) is 4.82. The highest BCUT2D eigenvalue weighted by Crippen LogP contribution is 2.39. The van der Waals surface area contributed by atoms with Crippen molar-refractivity contribution in [1.29, 1.82) is 0 Å². The van der Waals surface area contributed by atoms with Crippen LogP contribution in [0.15, 0.2) is 22.8 Å². The van der Waals surface area contributed by atoms with Crippen molar-refractivity contribution < 1.29 is 0 Å². The van der Waals surface area contributed by atoms with E-state index < -0.39 is 0 Å². The maximum absolute atomic E-state index is 4.63. The first-order valence-corrected chi connectivity index (χ1v) is 7.68.